The fourth-order valence-corrected chi connectivity index (χ4v) is 8.80. The van der Waals surface area contributed by atoms with Crippen molar-refractivity contribution in [3.8, 4) is 39.1 Å². The lowest BCUT2D eigenvalue weighted by atomic mass is 9.97. The van der Waals surface area contributed by atoms with Gasteiger partial charge in [-0.2, -0.15) is 0 Å². The predicted octanol–water partition coefficient (Wildman–Crippen LogP) is 15.6. The highest BCUT2D eigenvalue weighted by Crippen LogP contribution is 2.41. The number of aromatic nitrogens is 1. The summed E-state index contributed by atoms with van der Waals surface area (Å²) in [7, 11) is 0. The molecule has 0 atom stereocenters. The Bertz CT molecular complexity index is 3260. The summed E-state index contributed by atoms with van der Waals surface area (Å²) in [6.45, 7) is 0. The molecule has 0 saturated heterocycles. The summed E-state index contributed by atoms with van der Waals surface area (Å²) >= 11 is 0. The Hall–Kier alpha value is -7.68. The molecule has 0 saturated carbocycles. The number of anilines is 3. The van der Waals surface area contributed by atoms with E-state index in [0.717, 1.165) is 22.7 Å². The molecule has 58 heavy (non-hydrogen) atoms. The molecule has 0 amide bonds. The molecule has 0 aliphatic rings. The van der Waals surface area contributed by atoms with E-state index in [1.54, 1.807) is 0 Å². The molecule has 2 heteroatoms. The van der Waals surface area contributed by atoms with Gasteiger partial charge in [-0.1, -0.05) is 176 Å². The number of benzene rings is 10. The van der Waals surface area contributed by atoms with E-state index in [-0.39, 0.29) is 0 Å². The summed E-state index contributed by atoms with van der Waals surface area (Å²) in [5.41, 5.74) is 14.1. The number of hydrogen-bond acceptors (Lipinski definition) is 1. The van der Waals surface area contributed by atoms with Gasteiger partial charge in [-0.3, -0.25) is 0 Å². The Morgan fingerprint density at radius 1 is 0.293 bits per heavy atom. The van der Waals surface area contributed by atoms with Gasteiger partial charge < -0.3 is 9.47 Å². The normalized spacial score (nSPS) is 11.4. The summed E-state index contributed by atoms with van der Waals surface area (Å²) in [6.07, 6.45) is 0. The van der Waals surface area contributed by atoms with Crippen LogP contribution in [0.5, 0.6) is 0 Å². The second kappa shape index (κ2) is 14.1. The Kier molecular flexibility index (Phi) is 8.19. The zero-order valence-electron chi connectivity index (χ0n) is 31.8. The maximum atomic E-state index is 2.44. The fourth-order valence-electron chi connectivity index (χ4n) is 8.80. The zero-order chi connectivity index (χ0) is 38.4. The first-order valence-electron chi connectivity index (χ1n) is 19.9. The van der Waals surface area contributed by atoms with Crippen molar-refractivity contribution in [3.05, 3.63) is 231 Å². The lowest BCUT2D eigenvalue weighted by molar-refractivity contribution is 1.19. The minimum atomic E-state index is 1.09. The van der Waals surface area contributed by atoms with Crippen molar-refractivity contribution in [1.29, 1.82) is 0 Å². The van der Waals surface area contributed by atoms with E-state index in [1.165, 1.54) is 76.7 Å². The zero-order valence-corrected chi connectivity index (χ0v) is 31.8. The first-order chi connectivity index (χ1) is 28.8. The van der Waals surface area contributed by atoms with Crippen molar-refractivity contribution >= 4 is 60.4 Å². The number of rotatable bonds is 7. The predicted molar refractivity (Wildman–Crippen MR) is 247 cm³/mol. The van der Waals surface area contributed by atoms with Gasteiger partial charge in [-0.25, -0.2) is 0 Å². The quantitative estimate of drug-likeness (QED) is 0.158. The van der Waals surface area contributed by atoms with Gasteiger partial charge in [-0.05, 0) is 104 Å². The van der Waals surface area contributed by atoms with Gasteiger partial charge in [0.1, 0.15) is 0 Å². The fraction of sp³-hybridized carbons (Fsp3) is 0. The maximum Gasteiger partial charge on any atom is 0.0619 e. The summed E-state index contributed by atoms with van der Waals surface area (Å²) in [5.74, 6) is 0. The number of para-hydroxylation sites is 1. The molecule has 0 unspecified atom stereocenters. The van der Waals surface area contributed by atoms with Crippen LogP contribution in [0.1, 0.15) is 0 Å². The van der Waals surface area contributed by atoms with Crippen molar-refractivity contribution in [2.45, 2.75) is 0 Å². The summed E-state index contributed by atoms with van der Waals surface area (Å²) in [5, 5.41) is 7.52. The summed E-state index contributed by atoms with van der Waals surface area (Å²) in [4.78, 5) is 2.37. The van der Waals surface area contributed by atoms with Crippen molar-refractivity contribution in [2.75, 3.05) is 4.90 Å². The molecule has 0 N–H and O–H groups in total. The molecule has 272 valence electrons. The van der Waals surface area contributed by atoms with Crippen LogP contribution >= 0.6 is 0 Å². The van der Waals surface area contributed by atoms with Crippen molar-refractivity contribution in [2.24, 2.45) is 0 Å². The maximum absolute atomic E-state index is 2.44. The average Bonchev–Trinajstić information content (AvgIpc) is 3.65. The molecule has 0 aliphatic heterocycles. The molecular weight excluding hydrogens is 701 g/mol. The Morgan fingerprint density at radius 2 is 0.845 bits per heavy atom. The second-order valence-electron chi connectivity index (χ2n) is 15.0. The van der Waals surface area contributed by atoms with Crippen molar-refractivity contribution in [3.63, 3.8) is 0 Å². The van der Waals surface area contributed by atoms with Gasteiger partial charge in [0.05, 0.1) is 11.0 Å². The molecule has 0 spiro atoms. The number of fused-ring (bicyclic) bond motifs is 6. The van der Waals surface area contributed by atoms with Crippen molar-refractivity contribution in [1.82, 2.24) is 4.57 Å². The number of nitrogens with zero attached hydrogens (tertiary/aromatic N) is 2. The highest BCUT2D eigenvalue weighted by molar-refractivity contribution is 6.18. The Labute approximate surface area is 338 Å². The summed E-state index contributed by atoms with van der Waals surface area (Å²) < 4.78 is 2.44. The monoisotopic (exact) mass is 738 g/mol. The minimum absolute atomic E-state index is 1.09. The van der Waals surface area contributed by atoms with E-state index in [1.807, 2.05) is 0 Å². The molecule has 0 radical (unpaired) electrons. The van der Waals surface area contributed by atoms with Gasteiger partial charge in [0.25, 0.3) is 0 Å². The van der Waals surface area contributed by atoms with Crippen LogP contribution < -0.4 is 4.90 Å². The van der Waals surface area contributed by atoms with E-state index in [0.29, 0.717) is 0 Å². The third-order valence-corrected chi connectivity index (χ3v) is 11.6. The van der Waals surface area contributed by atoms with Crippen LogP contribution in [0.25, 0.3) is 82.4 Å². The van der Waals surface area contributed by atoms with E-state index in [9.17, 15) is 0 Å². The highest BCUT2D eigenvalue weighted by Gasteiger charge is 2.17. The standard InChI is InChI=1S/C56H38N2/c1-2-13-39(14-3-1)40-27-32-46(33-28-40)57(48-20-11-19-45(38-48)51-25-12-17-42-15-4-6-22-50(42)51)47-34-29-41(30-35-47)44-18-10-21-49(37-44)58-55-26-9-8-24-53(55)54-36-31-43-16-5-7-23-52(43)56(54)58/h1-38H. The van der Waals surface area contributed by atoms with Crippen LogP contribution in [0.2, 0.25) is 0 Å². The van der Waals surface area contributed by atoms with Gasteiger partial charge >= 0.3 is 0 Å². The van der Waals surface area contributed by atoms with Crippen LogP contribution in [-0.4, -0.2) is 4.57 Å². The molecule has 10 aromatic carbocycles. The Balaban J connectivity index is 1.01. The third-order valence-electron chi connectivity index (χ3n) is 11.6. The first-order valence-corrected chi connectivity index (χ1v) is 19.9. The molecule has 11 rings (SSSR count). The topological polar surface area (TPSA) is 8.17 Å². The number of hydrogen-bond donors (Lipinski definition) is 0. The highest BCUT2D eigenvalue weighted by atomic mass is 15.1. The summed E-state index contributed by atoms with van der Waals surface area (Å²) in [6, 6.07) is 83.6. The van der Waals surface area contributed by atoms with Crippen LogP contribution in [0.15, 0.2) is 231 Å². The molecule has 1 aromatic heterocycles. The Morgan fingerprint density at radius 3 is 1.62 bits per heavy atom. The van der Waals surface area contributed by atoms with Crippen LogP contribution in [-0.2, 0) is 0 Å². The molecule has 0 bridgehead atoms. The minimum Gasteiger partial charge on any atom is -0.310 e. The molecule has 0 fully saturated rings. The molecular formula is C56H38N2. The smallest absolute Gasteiger partial charge is 0.0619 e. The van der Waals surface area contributed by atoms with Crippen LogP contribution in [0.3, 0.4) is 0 Å². The second-order valence-corrected chi connectivity index (χ2v) is 15.0. The third kappa shape index (κ3) is 5.82. The lowest BCUT2D eigenvalue weighted by Gasteiger charge is -2.26. The van der Waals surface area contributed by atoms with Gasteiger partial charge in [-0.15, -0.1) is 0 Å². The van der Waals surface area contributed by atoms with E-state index < -0.39 is 0 Å². The first kappa shape index (κ1) is 33.6. The van der Waals surface area contributed by atoms with Crippen molar-refractivity contribution < 1.29 is 0 Å². The average molecular weight is 739 g/mol. The largest absolute Gasteiger partial charge is 0.310 e. The lowest BCUT2D eigenvalue weighted by Crippen LogP contribution is -2.10. The van der Waals surface area contributed by atoms with Crippen LogP contribution in [0, 0.1) is 0 Å². The van der Waals surface area contributed by atoms with Gasteiger partial charge in [0, 0.05) is 38.9 Å². The van der Waals surface area contributed by atoms with Crippen LogP contribution in [0.4, 0.5) is 17.1 Å². The molecule has 2 nitrogen and oxygen atoms in total. The van der Waals surface area contributed by atoms with E-state index in [4.69, 9.17) is 0 Å². The van der Waals surface area contributed by atoms with Gasteiger partial charge in [0.15, 0.2) is 0 Å². The van der Waals surface area contributed by atoms with Gasteiger partial charge in [0.2, 0.25) is 0 Å². The van der Waals surface area contributed by atoms with E-state index >= 15 is 0 Å². The molecule has 11 aromatic rings. The molecule has 1 heterocycles. The SMILES string of the molecule is c1ccc(-c2ccc(N(c3ccc(-c4cccc(-n5c6ccccc6c6ccc7ccccc7c65)c4)cc3)c3cccc(-c4cccc5ccccc45)c3)cc2)cc1. The molecule has 0 aliphatic carbocycles. The van der Waals surface area contributed by atoms with E-state index in [2.05, 4.69) is 240 Å².